The predicted molar refractivity (Wildman–Crippen MR) is 101 cm³/mol. The first-order valence-corrected chi connectivity index (χ1v) is 8.51. The van der Waals surface area contributed by atoms with E-state index in [4.69, 9.17) is 9.47 Å². The lowest BCUT2D eigenvalue weighted by atomic mass is 10.2. The third-order valence-corrected chi connectivity index (χ3v) is 3.65. The molecule has 0 saturated heterocycles. The Morgan fingerprint density at radius 3 is 2.54 bits per heavy atom. The molecule has 0 aliphatic heterocycles. The van der Waals surface area contributed by atoms with Crippen LogP contribution in [-0.2, 0) is 4.79 Å². The van der Waals surface area contributed by atoms with Gasteiger partial charge in [-0.2, -0.15) is 0 Å². The Morgan fingerprint density at radius 2 is 1.81 bits per heavy atom. The van der Waals surface area contributed by atoms with Crippen molar-refractivity contribution in [2.24, 2.45) is 0 Å². The molecule has 136 valence electrons. The number of carbonyl (C=O) groups excluding carboxylic acids is 2. The molecule has 0 radical (unpaired) electrons. The van der Waals surface area contributed by atoms with Crippen molar-refractivity contribution in [3.63, 3.8) is 0 Å². The second-order valence-corrected chi connectivity index (χ2v) is 5.75. The van der Waals surface area contributed by atoms with Crippen LogP contribution < -0.4 is 14.8 Å². The number of amides is 1. The van der Waals surface area contributed by atoms with Crippen molar-refractivity contribution in [3.8, 4) is 11.5 Å². The van der Waals surface area contributed by atoms with E-state index in [-0.39, 0.29) is 5.91 Å². The van der Waals surface area contributed by atoms with Gasteiger partial charge in [0.05, 0.1) is 6.61 Å². The van der Waals surface area contributed by atoms with Crippen molar-refractivity contribution in [1.82, 2.24) is 5.32 Å². The zero-order chi connectivity index (χ0) is 18.8. The van der Waals surface area contributed by atoms with E-state index in [1.807, 2.05) is 25.1 Å². The van der Waals surface area contributed by atoms with Crippen LogP contribution in [0.5, 0.6) is 11.5 Å². The molecule has 0 aliphatic carbocycles. The maximum absolute atomic E-state index is 12.4. The molecular formula is C21H23NO4. The standard InChI is InChI=1S/C21H23NO4/c1-3-20(23)22-14-6-7-15-25-19-9-5-4-8-18(19)21(24)26-17-12-10-16(2)11-13-17/h3-5,8-13H,1,6-7,14-15H2,2H3,(H,22,23). The van der Waals surface area contributed by atoms with Crippen LogP contribution in [0.15, 0.2) is 61.2 Å². The van der Waals surface area contributed by atoms with Crippen molar-refractivity contribution in [1.29, 1.82) is 0 Å². The quantitative estimate of drug-likeness (QED) is 0.323. The first kappa shape index (κ1) is 19.2. The SMILES string of the molecule is C=CC(=O)NCCCCOc1ccccc1C(=O)Oc1ccc(C)cc1. The fourth-order valence-electron chi connectivity index (χ4n) is 2.22. The van der Waals surface area contributed by atoms with Crippen LogP contribution in [0.25, 0.3) is 0 Å². The second-order valence-electron chi connectivity index (χ2n) is 5.75. The summed E-state index contributed by atoms with van der Waals surface area (Å²) in [5, 5.41) is 2.71. The molecule has 5 nitrogen and oxygen atoms in total. The molecule has 2 aromatic carbocycles. The van der Waals surface area contributed by atoms with Crippen LogP contribution in [0.1, 0.15) is 28.8 Å². The molecule has 2 aromatic rings. The van der Waals surface area contributed by atoms with Crippen LogP contribution in [0.4, 0.5) is 0 Å². The van der Waals surface area contributed by atoms with Gasteiger partial charge in [-0.25, -0.2) is 4.79 Å². The van der Waals surface area contributed by atoms with E-state index in [0.29, 0.717) is 30.2 Å². The Kier molecular flexibility index (Phi) is 7.43. The average molecular weight is 353 g/mol. The molecular weight excluding hydrogens is 330 g/mol. The molecule has 2 rings (SSSR count). The van der Waals surface area contributed by atoms with E-state index in [0.717, 1.165) is 18.4 Å². The number of rotatable bonds is 9. The van der Waals surface area contributed by atoms with Gasteiger partial charge in [-0.05, 0) is 50.1 Å². The van der Waals surface area contributed by atoms with E-state index >= 15 is 0 Å². The normalized spacial score (nSPS) is 10.0. The summed E-state index contributed by atoms with van der Waals surface area (Å²) in [6, 6.07) is 14.3. The lowest BCUT2D eigenvalue weighted by molar-refractivity contribution is -0.116. The highest BCUT2D eigenvalue weighted by Crippen LogP contribution is 2.21. The summed E-state index contributed by atoms with van der Waals surface area (Å²) in [4.78, 5) is 23.4. The highest BCUT2D eigenvalue weighted by molar-refractivity contribution is 5.94. The maximum atomic E-state index is 12.4. The first-order valence-electron chi connectivity index (χ1n) is 8.51. The molecule has 0 heterocycles. The minimum absolute atomic E-state index is 0.185. The minimum Gasteiger partial charge on any atom is -0.493 e. The molecule has 26 heavy (non-hydrogen) atoms. The molecule has 0 fully saturated rings. The van der Waals surface area contributed by atoms with Crippen molar-refractivity contribution >= 4 is 11.9 Å². The van der Waals surface area contributed by atoms with Gasteiger partial charge in [-0.15, -0.1) is 0 Å². The van der Waals surface area contributed by atoms with Gasteiger partial charge in [0.1, 0.15) is 17.1 Å². The van der Waals surface area contributed by atoms with Gasteiger partial charge in [-0.1, -0.05) is 36.4 Å². The van der Waals surface area contributed by atoms with Gasteiger partial charge in [0, 0.05) is 6.54 Å². The second kappa shape index (κ2) is 10.0. The van der Waals surface area contributed by atoms with Crippen molar-refractivity contribution in [2.75, 3.05) is 13.2 Å². The smallest absolute Gasteiger partial charge is 0.347 e. The fourth-order valence-corrected chi connectivity index (χ4v) is 2.22. The number of hydrogen-bond donors (Lipinski definition) is 1. The molecule has 1 amide bonds. The van der Waals surface area contributed by atoms with Crippen molar-refractivity contribution in [2.45, 2.75) is 19.8 Å². The Bertz CT molecular complexity index is 753. The molecule has 0 bridgehead atoms. The van der Waals surface area contributed by atoms with Crippen molar-refractivity contribution in [3.05, 3.63) is 72.3 Å². The molecule has 5 heteroatoms. The largest absolute Gasteiger partial charge is 0.493 e. The van der Waals surface area contributed by atoms with E-state index in [2.05, 4.69) is 11.9 Å². The van der Waals surface area contributed by atoms with Gasteiger partial charge >= 0.3 is 5.97 Å². The lowest BCUT2D eigenvalue weighted by Crippen LogP contribution is -2.22. The van der Waals surface area contributed by atoms with Crippen LogP contribution in [0.2, 0.25) is 0 Å². The van der Waals surface area contributed by atoms with Crippen molar-refractivity contribution < 1.29 is 19.1 Å². The Hall–Kier alpha value is -3.08. The summed E-state index contributed by atoms with van der Waals surface area (Å²) in [6.07, 6.45) is 2.76. The predicted octanol–water partition coefficient (Wildman–Crippen LogP) is 3.68. The highest BCUT2D eigenvalue weighted by Gasteiger charge is 2.14. The van der Waals surface area contributed by atoms with E-state index in [1.54, 1.807) is 30.3 Å². The number of aryl methyl sites for hydroxylation is 1. The average Bonchev–Trinajstić information content (AvgIpc) is 2.66. The molecule has 0 unspecified atom stereocenters. The minimum atomic E-state index is -0.456. The summed E-state index contributed by atoms with van der Waals surface area (Å²) < 4.78 is 11.1. The number of esters is 1. The summed E-state index contributed by atoms with van der Waals surface area (Å²) in [5.74, 6) is 0.339. The lowest BCUT2D eigenvalue weighted by Gasteiger charge is -2.11. The number of hydrogen-bond acceptors (Lipinski definition) is 4. The summed E-state index contributed by atoms with van der Waals surface area (Å²) in [5.41, 5.74) is 1.48. The Balaban J connectivity index is 1.86. The zero-order valence-corrected chi connectivity index (χ0v) is 14.9. The Labute approximate surface area is 153 Å². The molecule has 0 aliphatic rings. The van der Waals surface area contributed by atoms with Gasteiger partial charge in [-0.3, -0.25) is 4.79 Å². The maximum Gasteiger partial charge on any atom is 0.347 e. The van der Waals surface area contributed by atoms with Crippen LogP contribution in [0, 0.1) is 6.92 Å². The number of nitrogens with one attached hydrogen (secondary N) is 1. The summed E-state index contributed by atoms with van der Waals surface area (Å²) in [7, 11) is 0. The first-order chi connectivity index (χ1) is 12.6. The third-order valence-electron chi connectivity index (χ3n) is 3.65. The van der Waals surface area contributed by atoms with Gasteiger partial charge < -0.3 is 14.8 Å². The topological polar surface area (TPSA) is 64.6 Å². The van der Waals surface area contributed by atoms with Crippen LogP contribution >= 0.6 is 0 Å². The van der Waals surface area contributed by atoms with Crippen LogP contribution in [0.3, 0.4) is 0 Å². The third kappa shape index (κ3) is 6.09. The summed E-state index contributed by atoms with van der Waals surface area (Å²) >= 11 is 0. The molecule has 0 atom stereocenters. The summed E-state index contributed by atoms with van der Waals surface area (Å²) in [6.45, 7) is 6.37. The van der Waals surface area contributed by atoms with Gasteiger partial charge in [0.15, 0.2) is 0 Å². The number of carbonyl (C=O) groups is 2. The van der Waals surface area contributed by atoms with E-state index in [1.165, 1.54) is 6.08 Å². The molecule has 1 N–H and O–H groups in total. The highest BCUT2D eigenvalue weighted by atomic mass is 16.5. The molecule has 0 saturated carbocycles. The van der Waals surface area contributed by atoms with Crippen LogP contribution in [-0.4, -0.2) is 25.0 Å². The number of ether oxygens (including phenoxy) is 2. The van der Waals surface area contributed by atoms with Gasteiger partial charge in [0.25, 0.3) is 0 Å². The molecule has 0 aromatic heterocycles. The Morgan fingerprint density at radius 1 is 1.08 bits per heavy atom. The monoisotopic (exact) mass is 353 g/mol. The van der Waals surface area contributed by atoms with E-state index in [9.17, 15) is 9.59 Å². The molecule has 0 spiro atoms. The number of para-hydroxylation sites is 1. The number of benzene rings is 2. The fraction of sp³-hybridized carbons (Fsp3) is 0.238. The number of unbranched alkanes of at least 4 members (excludes halogenated alkanes) is 1. The van der Waals surface area contributed by atoms with Gasteiger partial charge in [0.2, 0.25) is 5.91 Å². The van der Waals surface area contributed by atoms with E-state index < -0.39 is 5.97 Å². The zero-order valence-electron chi connectivity index (χ0n) is 14.9.